The van der Waals surface area contributed by atoms with Crippen LogP contribution < -0.4 is 10.6 Å². The molecule has 3 atom stereocenters. The molecule has 0 radical (unpaired) electrons. The molecule has 19 heavy (non-hydrogen) atoms. The van der Waals surface area contributed by atoms with E-state index in [9.17, 15) is 9.59 Å². The Morgan fingerprint density at radius 3 is 2.79 bits per heavy atom. The molecule has 2 aliphatic rings. The van der Waals surface area contributed by atoms with Gasteiger partial charge in [0, 0.05) is 12.0 Å². The van der Waals surface area contributed by atoms with E-state index in [0.29, 0.717) is 18.3 Å². The number of fused-ring (bicyclic) bond motifs is 1. The Balaban J connectivity index is 1.88. The topological polar surface area (TPSA) is 78.4 Å². The fraction of sp³-hybridized carbons (Fsp3) is 0.857. The number of carbonyl (C=O) groups excluding carboxylic acids is 1. The van der Waals surface area contributed by atoms with Crippen molar-refractivity contribution in [2.45, 2.75) is 57.5 Å². The number of hydrogen-bond acceptors (Lipinski definition) is 3. The minimum absolute atomic E-state index is 0.0322. The molecule has 0 aromatic carbocycles. The Labute approximate surface area is 114 Å². The fourth-order valence-corrected chi connectivity index (χ4v) is 3.37. The molecule has 3 N–H and O–H groups in total. The predicted molar refractivity (Wildman–Crippen MR) is 71.7 cm³/mol. The average Bonchev–Trinajstić information content (AvgIpc) is 2.86. The molecule has 1 saturated carbocycles. The third-order valence-corrected chi connectivity index (χ3v) is 4.45. The highest BCUT2D eigenvalue weighted by Crippen LogP contribution is 2.37. The van der Waals surface area contributed by atoms with Gasteiger partial charge >= 0.3 is 5.97 Å². The van der Waals surface area contributed by atoms with Crippen LogP contribution in [0.5, 0.6) is 0 Å². The van der Waals surface area contributed by atoms with Crippen molar-refractivity contribution in [2.75, 3.05) is 6.54 Å². The van der Waals surface area contributed by atoms with E-state index in [1.165, 1.54) is 12.8 Å². The summed E-state index contributed by atoms with van der Waals surface area (Å²) >= 11 is 0. The van der Waals surface area contributed by atoms with E-state index in [0.717, 1.165) is 13.0 Å². The number of carbonyl (C=O) groups is 2. The molecule has 1 saturated heterocycles. The highest BCUT2D eigenvalue weighted by molar-refractivity contribution is 5.83. The van der Waals surface area contributed by atoms with E-state index in [1.807, 2.05) is 13.8 Å². The SMILES string of the molecule is CC(C)(CCC(=O)O)NC(=O)C1NCC2CCCC21. The molecule has 2 fully saturated rings. The van der Waals surface area contributed by atoms with Crippen molar-refractivity contribution >= 4 is 11.9 Å². The average molecular weight is 268 g/mol. The molecule has 2 rings (SSSR count). The number of nitrogens with one attached hydrogen (secondary N) is 2. The van der Waals surface area contributed by atoms with Crippen LogP contribution in [0.15, 0.2) is 0 Å². The summed E-state index contributed by atoms with van der Waals surface area (Å²) < 4.78 is 0. The monoisotopic (exact) mass is 268 g/mol. The minimum atomic E-state index is -0.822. The summed E-state index contributed by atoms with van der Waals surface area (Å²) in [5, 5.41) is 15.0. The van der Waals surface area contributed by atoms with Crippen LogP contribution in [-0.4, -0.2) is 35.1 Å². The Kier molecular flexibility index (Phi) is 4.13. The molecule has 1 heterocycles. The van der Waals surface area contributed by atoms with Gasteiger partial charge in [-0.15, -0.1) is 0 Å². The van der Waals surface area contributed by atoms with Crippen molar-refractivity contribution in [2.24, 2.45) is 11.8 Å². The van der Waals surface area contributed by atoms with Gasteiger partial charge in [-0.2, -0.15) is 0 Å². The van der Waals surface area contributed by atoms with Gasteiger partial charge in [0.25, 0.3) is 0 Å². The van der Waals surface area contributed by atoms with Crippen molar-refractivity contribution in [3.05, 3.63) is 0 Å². The van der Waals surface area contributed by atoms with Crippen molar-refractivity contribution in [1.29, 1.82) is 0 Å². The van der Waals surface area contributed by atoms with Crippen LogP contribution in [-0.2, 0) is 9.59 Å². The lowest BCUT2D eigenvalue weighted by Gasteiger charge is -2.29. The summed E-state index contributed by atoms with van der Waals surface area (Å²) in [7, 11) is 0. The summed E-state index contributed by atoms with van der Waals surface area (Å²) in [5.74, 6) is 0.329. The lowest BCUT2D eigenvalue weighted by atomic mass is 9.92. The fourth-order valence-electron chi connectivity index (χ4n) is 3.37. The quantitative estimate of drug-likeness (QED) is 0.698. The lowest BCUT2D eigenvalue weighted by Crippen LogP contribution is -2.52. The summed E-state index contributed by atoms with van der Waals surface area (Å²) in [5.41, 5.74) is -0.464. The summed E-state index contributed by atoms with van der Waals surface area (Å²) in [6.07, 6.45) is 4.12. The lowest BCUT2D eigenvalue weighted by molar-refractivity contribution is -0.138. The first kappa shape index (κ1) is 14.3. The van der Waals surface area contributed by atoms with Gasteiger partial charge < -0.3 is 15.7 Å². The first-order valence-electron chi connectivity index (χ1n) is 7.16. The third kappa shape index (κ3) is 3.47. The molecule has 1 amide bonds. The van der Waals surface area contributed by atoms with E-state index < -0.39 is 11.5 Å². The van der Waals surface area contributed by atoms with Gasteiger partial charge in [0.15, 0.2) is 0 Å². The van der Waals surface area contributed by atoms with E-state index in [1.54, 1.807) is 0 Å². The van der Waals surface area contributed by atoms with Crippen LogP contribution in [0.4, 0.5) is 0 Å². The van der Waals surface area contributed by atoms with Crippen molar-refractivity contribution in [1.82, 2.24) is 10.6 Å². The Hall–Kier alpha value is -1.10. The summed E-state index contributed by atoms with van der Waals surface area (Å²) in [6, 6.07) is -0.0865. The van der Waals surface area contributed by atoms with Crippen LogP contribution in [0, 0.1) is 11.8 Å². The van der Waals surface area contributed by atoms with E-state index >= 15 is 0 Å². The zero-order chi connectivity index (χ0) is 14.0. The highest BCUT2D eigenvalue weighted by Gasteiger charge is 2.43. The maximum atomic E-state index is 12.3. The Morgan fingerprint density at radius 1 is 1.37 bits per heavy atom. The molecule has 3 unspecified atom stereocenters. The van der Waals surface area contributed by atoms with Crippen LogP contribution in [0.3, 0.4) is 0 Å². The minimum Gasteiger partial charge on any atom is -0.481 e. The first-order valence-corrected chi connectivity index (χ1v) is 7.16. The van der Waals surface area contributed by atoms with Gasteiger partial charge in [0.1, 0.15) is 0 Å². The van der Waals surface area contributed by atoms with E-state index in [4.69, 9.17) is 5.11 Å². The second kappa shape index (κ2) is 5.49. The van der Waals surface area contributed by atoms with Crippen LogP contribution in [0.1, 0.15) is 46.0 Å². The zero-order valence-corrected chi connectivity index (χ0v) is 11.7. The van der Waals surface area contributed by atoms with Crippen molar-refractivity contribution in [3.63, 3.8) is 0 Å². The molecule has 0 aromatic rings. The van der Waals surface area contributed by atoms with Crippen LogP contribution in [0.2, 0.25) is 0 Å². The van der Waals surface area contributed by atoms with E-state index in [2.05, 4.69) is 10.6 Å². The Morgan fingerprint density at radius 2 is 2.11 bits per heavy atom. The summed E-state index contributed by atoms with van der Waals surface area (Å²) in [4.78, 5) is 22.9. The number of aliphatic carboxylic acids is 1. The molecule has 5 nitrogen and oxygen atoms in total. The number of hydrogen-bond donors (Lipinski definition) is 3. The predicted octanol–water partition coefficient (Wildman–Crippen LogP) is 1.13. The second-order valence-corrected chi connectivity index (χ2v) is 6.51. The highest BCUT2D eigenvalue weighted by atomic mass is 16.4. The van der Waals surface area contributed by atoms with Gasteiger partial charge in [-0.25, -0.2) is 0 Å². The number of amides is 1. The zero-order valence-electron chi connectivity index (χ0n) is 11.7. The van der Waals surface area contributed by atoms with Crippen molar-refractivity contribution in [3.8, 4) is 0 Å². The number of carboxylic acid groups (broad SMARTS) is 1. The smallest absolute Gasteiger partial charge is 0.303 e. The second-order valence-electron chi connectivity index (χ2n) is 6.51. The largest absolute Gasteiger partial charge is 0.481 e. The standard InChI is InChI=1S/C14H24N2O3/c1-14(2,7-6-11(17)18)16-13(19)12-10-5-3-4-9(10)8-15-12/h9-10,12,15H,3-8H2,1-2H3,(H,16,19)(H,17,18). The Bertz CT molecular complexity index is 368. The normalized spacial score (nSPS) is 30.1. The summed E-state index contributed by atoms with van der Waals surface area (Å²) in [6.45, 7) is 4.71. The molecular weight excluding hydrogens is 244 g/mol. The van der Waals surface area contributed by atoms with Gasteiger partial charge in [-0.3, -0.25) is 9.59 Å². The molecule has 0 aromatic heterocycles. The van der Waals surface area contributed by atoms with Gasteiger partial charge in [0.2, 0.25) is 5.91 Å². The van der Waals surface area contributed by atoms with Gasteiger partial charge in [0.05, 0.1) is 6.04 Å². The molecule has 108 valence electrons. The third-order valence-electron chi connectivity index (χ3n) is 4.45. The molecule has 0 spiro atoms. The molecule has 0 bridgehead atoms. The number of rotatable bonds is 5. The van der Waals surface area contributed by atoms with Gasteiger partial charge in [-0.1, -0.05) is 6.42 Å². The van der Waals surface area contributed by atoms with Crippen molar-refractivity contribution < 1.29 is 14.7 Å². The molecule has 5 heteroatoms. The number of carboxylic acids is 1. The van der Waals surface area contributed by atoms with Crippen LogP contribution >= 0.6 is 0 Å². The molecule has 1 aliphatic heterocycles. The first-order chi connectivity index (χ1) is 8.89. The maximum Gasteiger partial charge on any atom is 0.303 e. The molecular formula is C14H24N2O3. The van der Waals surface area contributed by atoms with Gasteiger partial charge in [-0.05, 0) is 51.5 Å². The van der Waals surface area contributed by atoms with E-state index in [-0.39, 0.29) is 18.4 Å². The van der Waals surface area contributed by atoms with Crippen LogP contribution in [0.25, 0.3) is 0 Å². The maximum absolute atomic E-state index is 12.3. The molecule has 1 aliphatic carbocycles.